The first-order valence-electron chi connectivity index (χ1n) is 13.2. The van der Waals surface area contributed by atoms with E-state index < -0.39 is 27.3 Å². The molecule has 0 spiro atoms. The van der Waals surface area contributed by atoms with Crippen LogP contribution in [-0.2, 0) is 13.1 Å². The molecule has 0 saturated carbocycles. The van der Waals surface area contributed by atoms with Crippen molar-refractivity contribution in [1.29, 1.82) is 0 Å². The normalized spacial score (nSPS) is 12.5. The van der Waals surface area contributed by atoms with E-state index >= 15 is 0 Å². The van der Waals surface area contributed by atoms with Crippen LogP contribution in [0.4, 0.5) is 0 Å². The molecule has 0 aromatic heterocycles. The van der Waals surface area contributed by atoms with Crippen LogP contribution < -0.4 is 5.32 Å². The van der Waals surface area contributed by atoms with Gasteiger partial charge in [0.2, 0.25) is 0 Å². The van der Waals surface area contributed by atoms with Crippen molar-refractivity contribution in [2.45, 2.75) is 87.0 Å². The summed E-state index contributed by atoms with van der Waals surface area (Å²) < 4.78 is 2.36. The molecule has 4 unspecified atom stereocenters. The Morgan fingerprint density at radius 2 is 1.05 bits per heavy atom. The van der Waals surface area contributed by atoms with Crippen LogP contribution in [0.15, 0.2) is 48.5 Å². The quantitative estimate of drug-likeness (QED) is 0.226. The Morgan fingerprint density at radius 3 is 1.36 bits per heavy atom. The van der Waals surface area contributed by atoms with E-state index in [1.165, 1.54) is 22.3 Å². The topological polar surface area (TPSA) is 15.3 Å². The maximum absolute atomic E-state index is 6.64. The zero-order valence-electron chi connectivity index (χ0n) is 26.7. The summed E-state index contributed by atoms with van der Waals surface area (Å²) >= 11 is 39.5. The van der Waals surface area contributed by atoms with Crippen molar-refractivity contribution in [3.05, 3.63) is 70.8 Å². The van der Waals surface area contributed by atoms with Gasteiger partial charge < -0.3 is 5.32 Å². The van der Waals surface area contributed by atoms with Gasteiger partial charge in [-0.3, -0.25) is 4.67 Å². The molecule has 2 nitrogen and oxygen atoms in total. The lowest BCUT2D eigenvalue weighted by molar-refractivity contribution is -0.153. The second-order valence-electron chi connectivity index (χ2n) is 11.5. The van der Waals surface area contributed by atoms with E-state index in [0.29, 0.717) is 0 Å². The molecule has 0 saturated heterocycles. The summed E-state index contributed by atoms with van der Waals surface area (Å²) in [5.74, 6) is 0. The van der Waals surface area contributed by atoms with Crippen molar-refractivity contribution in [1.82, 2.24) is 9.99 Å². The molecule has 0 bridgehead atoms. The number of hydrogen-bond acceptors (Lipinski definition) is 2. The molecule has 0 aliphatic carbocycles. The summed E-state index contributed by atoms with van der Waals surface area (Å²) in [6.45, 7) is 16.7. The molecule has 44 heavy (non-hydrogen) atoms. The molecule has 4 atom stereocenters. The third kappa shape index (κ3) is 31.0. The van der Waals surface area contributed by atoms with Gasteiger partial charge in [-0.2, -0.15) is 19.8 Å². The Bertz CT molecular complexity index is 935. The first kappa shape index (κ1) is 53.8. The number of nitrogens with zero attached hydrogens (tertiary/aromatic N) is 1. The summed E-state index contributed by atoms with van der Waals surface area (Å²) in [5.41, 5.74) is 5.46. The number of benzene rings is 2. The van der Waals surface area contributed by atoms with Gasteiger partial charge in [0.25, 0.3) is 6.63 Å². The molecule has 0 aliphatic rings. The number of aryl methyl sites for hydroxylation is 2. The van der Waals surface area contributed by atoms with E-state index in [0.717, 1.165) is 37.7 Å². The predicted molar refractivity (Wildman–Crippen MR) is 227 cm³/mol. The van der Waals surface area contributed by atoms with E-state index in [1.807, 2.05) is 0 Å². The molecule has 1 N–H and O–H groups in total. The van der Waals surface area contributed by atoms with Crippen LogP contribution in [0.1, 0.15) is 71.2 Å². The third-order valence-corrected chi connectivity index (χ3v) is 13.7. The molecular weight excluding hydrogens is 810 g/mol. The van der Waals surface area contributed by atoms with Gasteiger partial charge in [-0.15, -0.1) is 0 Å². The molecule has 260 valence electrons. The van der Waals surface area contributed by atoms with Crippen LogP contribution >= 0.6 is 115 Å². The van der Waals surface area contributed by atoms with E-state index in [2.05, 4.69) is 114 Å². The number of rotatable bonds is 11. The van der Waals surface area contributed by atoms with Crippen molar-refractivity contribution in [3.8, 4) is 0 Å². The molecule has 0 amide bonds. The Morgan fingerprint density at radius 1 is 0.659 bits per heavy atom. The maximum atomic E-state index is 6.64. The highest BCUT2D eigenvalue weighted by molar-refractivity contribution is 8.04. The van der Waals surface area contributed by atoms with Gasteiger partial charge in [0, 0.05) is 48.8 Å². The molecule has 0 fully saturated rings. The third-order valence-electron chi connectivity index (χ3n) is 5.33. The standard InChI is InChI=1S/C14H22Cl3NP2.C12H19N.C2H5Cl4P2.CH4.2H3P/c1-12-5-7-13(8-6-12)11-18(14(2,3)4)20(17)10-9-19(15)16;1-10-5-7-11(8-6-10)9-13-12(2,3)4;3-7(4)1-2-8(5)6;;;/h5-8H,9-11H2,1-4H3;5-8,13H,9H2,1-4H3;3H,1-2H2;1H4;2*1H3/q;;+1;;;. The monoisotopic (exact) mass is 863 g/mol. The van der Waals surface area contributed by atoms with Crippen molar-refractivity contribution in [3.63, 3.8) is 0 Å². The fourth-order valence-corrected chi connectivity index (χ4v) is 12.4. The summed E-state index contributed by atoms with van der Waals surface area (Å²) in [6.07, 6.45) is 3.24. The molecule has 2 aromatic carbocycles. The molecule has 15 heteroatoms. The Hall–Kier alpha value is 2.97. The minimum atomic E-state index is -0.908. The molecule has 0 aliphatic heterocycles. The summed E-state index contributed by atoms with van der Waals surface area (Å²) in [4.78, 5) is 0. The van der Waals surface area contributed by atoms with E-state index in [4.69, 9.17) is 78.7 Å². The first-order valence-corrected chi connectivity index (χ1v) is 25.7. The van der Waals surface area contributed by atoms with Crippen LogP contribution in [0.2, 0.25) is 0 Å². The van der Waals surface area contributed by atoms with Crippen LogP contribution in [0, 0.1) is 25.1 Å². The number of hydrogen-bond donors (Lipinski definition) is 1. The zero-order chi connectivity index (χ0) is 31.8. The van der Waals surface area contributed by atoms with Gasteiger partial charge in [0.15, 0.2) is 0 Å². The molecule has 2 rings (SSSR count). The van der Waals surface area contributed by atoms with Crippen LogP contribution in [0.5, 0.6) is 0 Å². The van der Waals surface area contributed by atoms with Crippen molar-refractivity contribution in [2.24, 2.45) is 0 Å². The van der Waals surface area contributed by atoms with Crippen LogP contribution in [-0.4, -0.2) is 40.4 Å². The number of nitrogens with one attached hydrogen (secondary N) is 1. The largest absolute Gasteiger partial charge is 0.308 e. The van der Waals surface area contributed by atoms with Crippen LogP contribution in [0.3, 0.4) is 0 Å². The summed E-state index contributed by atoms with van der Waals surface area (Å²) in [6, 6.07) is 17.3. The van der Waals surface area contributed by atoms with Gasteiger partial charge in [-0.1, -0.05) is 123 Å². The van der Waals surface area contributed by atoms with E-state index in [-0.39, 0.29) is 38.3 Å². The van der Waals surface area contributed by atoms with Gasteiger partial charge in [-0.05, 0) is 77.8 Å². The molecular formula is C29H56Cl7N2P6+. The van der Waals surface area contributed by atoms with Crippen molar-refractivity contribution >= 4 is 115 Å². The second-order valence-corrected chi connectivity index (χ2v) is 26.5. The Balaban J connectivity index is -0.000000289. The minimum Gasteiger partial charge on any atom is -0.308 e. The highest BCUT2D eigenvalue weighted by Gasteiger charge is 2.28. The first-order chi connectivity index (χ1) is 18.8. The zero-order valence-corrected chi connectivity index (χ0v) is 38.4. The fourth-order valence-electron chi connectivity index (χ4n) is 3.01. The van der Waals surface area contributed by atoms with Gasteiger partial charge in [0.05, 0.1) is 20.7 Å². The van der Waals surface area contributed by atoms with Crippen LogP contribution in [0.25, 0.3) is 0 Å². The Labute approximate surface area is 315 Å². The minimum absolute atomic E-state index is 0. The highest BCUT2D eigenvalue weighted by Crippen LogP contribution is 2.55. The van der Waals surface area contributed by atoms with Crippen molar-refractivity contribution in [2.75, 3.05) is 24.6 Å². The maximum Gasteiger partial charge on any atom is 0.296 e. The van der Waals surface area contributed by atoms with Crippen molar-refractivity contribution < 1.29 is 11.2 Å². The van der Waals surface area contributed by atoms with Gasteiger partial charge >= 0.3 is 0 Å². The predicted octanol–water partition coefficient (Wildman–Crippen LogP) is 14.2. The average Bonchev–Trinajstić information content (AvgIpc) is 2.85. The van der Waals surface area contributed by atoms with E-state index in [9.17, 15) is 0 Å². The van der Waals surface area contributed by atoms with Gasteiger partial charge in [-0.25, -0.2) is 0 Å². The average molecular weight is 867 g/mol. The highest BCUT2D eigenvalue weighted by atomic mass is 35.9. The molecule has 0 heterocycles. The molecule has 0 radical (unpaired) electrons. The molecule has 2 aromatic rings. The summed E-state index contributed by atoms with van der Waals surface area (Å²) in [5, 5.41) is 3.46. The fraction of sp³-hybridized carbons (Fsp3) is 0.586. The lowest BCUT2D eigenvalue weighted by Gasteiger charge is -2.38. The smallest absolute Gasteiger partial charge is 0.296 e. The number of halogens is 7. The SMILES string of the molecule is C.Cc1ccc(CN(P(Cl)CCP(Cl)Cl)C(C)(C)C)cc1.Cc1ccc(CNC(C)(C)C)cc1.ClP(Cl)CCP(Cl)[ClH+].P.P. The Kier molecular flexibility index (Phi) is 35.0. The summed E-state index contributed by atoms with van der Waals surface area (Å²) in [7, 11) is -0.743. The second kappa shape index (κ2) is 28.6. The lowest BCUT2D eigenvalue weighted by Crippen LogP contribution is -2.36. The lowest BCUT2D eigenvalue weighted by atomic mass is 10.1. The van der Waals surface area contributed by atoms with Gasteiger partial charge in [0.1, 0.15) is 11.2 Å². The van der Waals surface area contributed by atoms with E-state index in [1.54, 1.807) is 0 Å².